The number of carbonyl (C=O) groups excluding carboxylic acids is 5. The first-order chi connectivity index (χ1) is 31.7. The lowest BCUT2D eigenvalue weighted by atomic mass is 9.90. The van der Waals surface area contributed by atoms with Crippen LogP contribution in [0.25, 0.3) is 10.4 Å². The number of carbonyl (C=O) groups is 9. The van der Waals surface area contributed by atoms with E-state index in [2.05, 4.69) is 26.0 Å². The molecule has 1 rings (SSSR count). The zero-order valence-corrected chi connectivity index (χ0v) is 41.4. The molecule has 0 heterocycles. The Labute approximate surface area is 399 Å². The van der Waals surface area contributed by atoms with E-state index in [-0.39, 0.29) is 62.4 Å². The molecular formula is C47H73FN6O13Si. The smallest absolute Gasteiger partial charge is 0.306 e. The Morgan fingerprint density at radius 1 is 0.618 bits per heavy atom. The van der Waals surface area contributed by atoms with Crippen LogP contribution in [0, 0.1) is 17.8 Å². The summed E-state index contributed by atoms with van der Waals surface area (Å²) in [7, 11) is -3.56. The highest BCUT2D eigenvalue weighted by Crippen LogP contribution is 2.51. The van der Waals surface area contributed by atoms with Crippen LogP contribution in [0.15, 0.2) is 29.4 Å². The lowest BCUT2D eigenvalue weighted by Gasteiger charge is -2.44. The van der Waals surface area contributed by atoms with Crippen molar-refractivity contribution >= 4 is 66.8 Å². The fourth-order valence-corrected chi connectivity index (χ4v) is 12.9. The van der Waals surface area contributed by atoms with Gasteiger partial charge >= 0.3 is 23.9 Å². The van der Waals surface area contributed by atoms with E-state index in [0.717, 1.165) is 0 Å². The minimum Gasteiger partial charge on any atom is -0.481 e. The highest BCUT2D eigenvalue weighted by Gasteiger charge is 2.56. The summed E-state index contributed by atoms with van der Waals surface area (Å²) >= 11 is 0. The van der Waals surface area contributed by atoms with Crippen LogP contribution in [-0.4, -0.2) is 108 Å². The van der Waals surface area contributed by atoms with Crippen LogP contribution in [0.1, 0.15) is 161 Å². The van der Waals surface area contributed by atoms with Crippen molar-refractivity contribution in [2.75, 3.05) is 19.6 Å². The van der Waals surface area contributed by atoms with Gasteiger partial charge in [-0.15, -0.1) is 0 Å². The number of rotatable bonds is 35. The SMILES string of the molecule is CC(C)(C)[Si](F)(c1ccc(C(=O)NC[C@H](N=[N+]=[N-])C(=O)C[C@H](CCCCNC(=O)CCCCCCC(=O)NCCCC[C@H](CC(=O)C[C@@H](CCC(=O)O)C(=O)O)C(=O)O)C(=O)O)cc1)C(C)(C)C. The summed E-state index contributed by atoms with van der Waals surface area (Å²) in [6.07, 6.45) is 3.26. The molecule has 68 heavy (non-hydrogen) atoms. The summed E-state index contributed by atoms with van der Waals surface area (Å²) in [6.45, 7) is 11.5. The predicted molar refractivity (Wildman–Crippen MR) is 253 cm³/mol. The van der Waals surface area contributed by atoms with E-state index < -0.39 is 103 Å². The molecule has 0 radical (unpaired) electrons. The Morgan fingerprint density at radius 3 is 1.47 bits per heavy atom. The molecule has 0 aliphatic heterocycles. The molecule has 380 valence electrons. The van der Waals surface area contributed by atoms with E-state index in [0.29, 0.717) is 69.6 Å². The third-order valence-electron chi connectivity index (χ3n) is 11.9. The number of nitrogens with zero attached hydrogens (tertiary/aromatic N) is 3. The average Bonchev–Trinajstić information content (AvgIpc) is 3.24. The topological polar surface area (TPSA) is 319 Å². The van der Waals surface area contributed by atoms with Crippen LogP contribution in [-0.2, 0) is 38.4 Å². The molecule has 1 aromatic carbocycles. The van der Waals surface area contributed by atoms with Crippen molar-refractivity contribution in [3.8, 4) is 0 Å². The second-order valence-electron chi connectivity index (χ2n) is 19.4. The van der Waals surface area contributed by atoms with Gasteiger partial charge in [0, 0.05) is 68.6 Å². The number of carboxylic acid groups (broad SMARTS) is 4. The quantitative estimate of drug-likeness (QED) is 0.00900. The first-order valence-electron chi connectivity index (χ1n) is 23.3. The largest absolute Gasteiger partial charge is 0.481 e. The van der Waals surface area contributed by atoms with E-state index in [1.165, 1.54) is 12.1 Å². The number of amides is 3. The summed E-state index contributed by atoms with van der Waals surface area (Å²) in [5.74, 6) is -10.3. The van der Waals surface area contributed by atoms with Gasteiger partial charge in [0.15, 0.2) is 0 Å². The summed E-state index contributed by atoms with van der Waals surface area (Å²) in [5, 5.41) is 48.3. The number of hydrogen-bond acceptors (Lipinski definition) is 10. The molecule has 0 aliphatic rings. The fraction of sp³-hybridized carbons (Fsp3) is 0.681. The van der Waals surface area contributed by atoms with E-state index in [4.69, 9.17) is 10.6 Å². The van der Waals surface area contributed by atoms with Gasteiger partial charge in [-0.3, -0.25) is 43.2 Å². The Bertz CT molecular complexity index is 1920. The second kappa shape index (κ2) is 29.9. The molecule has 0 saturated carbocycles. The molecule has 0 saturated heterocycles. The molecule has 19 nitrogen and oxygen atoms in total. The number of carboxylic acids is 4. The number of benzene rings is 1. The lowest BCUT2D eigenvalue weighted by molar-refractivity contribution is -0.146. The Hall–Kier alpha value is -5.69. The van der Waals surface area contributed by atoms with Gasteiger partial charge in [0.2, 0.25) is 11.8 Å². The first-order valence-corrected chi connectivity index (χ1v) is 25.2. The van der Waals surface area contributed by atoms with Gasteiger partial charge in [-0.05, 0) is 77.9 Å². The third-order valence-corrected chi connectivity index (χ3v) is 17.2. The van der Waals surface area contributed by atoms with E-state index in [1.54, 1.807) is 12.1 Å². The Balaban J connectivity index is 2.36. The number of hydrogen-bond donors (Lipinski definition) is 7. The van der Waals surface area contributed by atoms with Gasteiger partial charge < -0.3 is 40.5 Å². The monoisotopic (exact) mass is 976 g/mol. The van der Waals surface area contributed by atoms with Crippen molar-refractivity contribution in [3.63, 3.8) is 0 Å². The number of ketones is 2. The van der Waals surface area contributed by atoms with Gasteiger partial charge in [0.1, 0.15) is 17.6 Å². The van der Waals surface area contributed by atoms with Crippen LogP contribution in [0.3, 0.4) is 0 Å². The van der Waals surface area contributed by atoms with Crippen molar-refractivity contribution in [2.45, 2.75) is 167 Å². The Morgan fingerprint density at radius 2 is 1.06 bits per heavy atom. The van der Waals surface area contributed by atoms with Gasteiger partial charge in [-0.2, -0.15) is 0 Å². The third kappa shape index (κ3) is 21.9. The molecule has 0 aliphatic carbocycles. The number of unbranched alkanes of at least 4 members (excludes halogenated alkanes) is 5. The van der Waals surface area contributed by atoms with Crippen LogP contribution in [0.2, 0.25) is 10.1 Å². The molecule has 0 bridgehead atoms. The minimum atomic E-state index is -3.56. The van der Waals surface area contributed by atoms with Crippen molar-refractivity contribution in [3.05, 3.63) is 40.3 Å². The highest BCUT2D eigenvalue weighted by atomic mass is 28.4. The zero-order valence-electron chi connectivity index (χ0n) is 40.4. The van der Waals surface area contributed by atoms with Gasteiger partial charge in [-0.25, -0.2) is 0 Å². The summed E-state index contributed by atoms with van der Waals surface area (Å²) in [5.41, 5.74) is 9.30. The summed E-state index contributed by atoms with van der Waals surface area (Å²) in [6, 6.07) is 4.91. The van der Waals surface area contributed by atoms with Gasteiger partial charge in [0.25, 0.3) is 14.3 Å². The molecule has 1 aromatic rings. The highest BCUT2D eigenvalue weighted by molar-refractivity contribution is 6.90. The standard InChI is InChI=1S/C47H73FN6O13Si/c1-46(2,3)68(48,47(4,5)6)36-22-19-31(20-23-36)42(61)52-30-37(53-54-49)38(56)29-33(44(64)65)16-12-14-26-51-40(58)18-10-8-7-9-17-39(57)50-25-13-11-15-32(43(62)63)27-35(55)28-34(45(66)67)21-24-41(59)60/h19-20,22-23,32-34,37H,7-18,21,24-30H2,1-6H3,(H,50,57)(H,51,58)(H,52,61)(H,59,60)(H,62,63)(H,64,65)(H,66,67)/t32-,33+,34-,37+/m1/s1. The lowest BCUT2D eigenvalue weighted by Crippen LogP contribution is -2.57. The van der Waals surface area contributed by atoms with Crippen molar-refractivity contribution in [1.82, 2.24) is 16.0 Å². The molecule has 0 fully saturated rings. The van der Waals surface area contributed by atoms with Crippen molar-refractivity contribution < 1.29 is 67.7 Å². The maximum atomic E-state index is 16.7. The molecule has 4 atom stereocenters. The fourth-order valence-electron chi connectivity index (χ4n) is 8.25. The maximum absolute atomic E-state index is 16.7. The van der Waals surface area contributed by atoms with Crippen LogP contribution >= 0.6 is 0 Å². The van der Waals surface area contributed by atoms with Crippen LogP contribution < -0.4 is 21.1 Å². The van der Waals surface area contributed by atoms with Crippen molar-refractivity contribution in [1.29, 1.82) is 0 Å². The number of Topliss-reactive ketones (excluding diaryl/α,β-unsaturated/α-hetero) is 2. The predicted octanol–water partition coefficient (Wildman–Crippen LogP) is 7.01. The number of aliphatic carboxylic acids is 4. The van der Waals surface area contributed by atoms with Gasteiger partial charge in [0.05, 0.1) is 17.8 Å². The van der Waals surface area contributed by atoms with E-state index >= 15 is 4.11 Å². The number of azide groups is 1. The van der Waals surface area contributed by atoms with E-state index in [9.17, 15) is 58.5 Å². The maximum Gasteiger partial charge on any atom is 0.306 e. The molecule has 0 unspecified atom stereocenters. The molecule has 0 spiro atoms. The minimum absolute atomic E-state index is 0.125. The van der Waals surface area contributed by atoms with Crippen LogP contribution in [0.4, 0.5) is 4.11 Å². The second-order valence-corrected chi connectivity index (χ2v) is 24.3. The molecular weight excluding hydrogens is 904 g/mol. The summed E-state index contributed by atoms with van der Waals surface area (Å²) in [4.78, 5) is 111. The number of halogens is 1. The van der Waals surface area contributed by atoms with Crippen LogP contribution in [0.5, 0.6) is 0 Å². The first kappa shape index (κ1) is 60.3. The summed E-state index contributed by atoms with van der Waals surface area (Å²) < 4.78 is 16.7. The molecule has 3 amide bonds. The van der Waals surface area contributed by atoms with Crippen molar-refractivity contribution in [2.24, 2.45) is 22.9 Å². The molecule has 21 heteroatoms. The van der Waals surface area contributed by atoms with Gasteiger partial charge in [-0.1, -0.05) is 84.5 Å². The van der Waals surface area contributed by atoms with E-state index in [1.807, 2.05) is 41.5 Å². The molecule has 7 N–H and O–H groups in total. The average molecular weight is 977 g/mol. The molecule has 0 aromatic heterocycles. The Kier molecular flexibility index (Phi) is 26.6. The normalized spacial score (nSPS) is 13.5. The number of nitrogens with one attached hydrogen (secondary N) is 3. The zero-order chi connectivity index (χ0) is 51.7.